The number of rotatable bonds is 5. The van der Waals surface area contributed by atoms with Crippen molar-refractivity contribution < 1.29 is 17.9 Å². The Labute approximate surface area is 173 Å². The summed E-state index contributed by atoms with van der Waals surface area (Å²) in [5.41, 5.74) is 1.26. The van der Waals surface area contributed by atoms with Crippen LogP contribution in [0.3, 0.4) is 0 Å². The maximum atomic E-state index is 13.5. The number of nitrogens with zero attached hydrogens (tertiary/aromatic N) is 4. The summed E-state index contributed by atoms with van der Waals surface area (Å²) in [7, 11) is -2.76. The van der Waals surface area contributed by atoms with Gasteiger partial charge < -0.3 is 9.30 Å². The molecule has 0 N–H and O–H groups in total. The summed E-state index contributed by atoms with van der Waals surface area (Å²) in [6.07, 6.45) is 4.97. The highest BCUT2D eigenvalue weighted by atomic mass is 32.2. The quantitative estimate of drug-likeness (QED) is 0.456. The summed E-state index contributed by atoms with van der Waals surface area (Å²) in [5, 5.41) is 0.559. The lowest BCUT2D eigenvalue weighted by Gasteiger charge is -2.10. The van der Waals surface area contributed by atoms with Crippen molar-refractivity contribution in [3.05, 3.63) is 66.4 Å². The van der Waals surface area contributed by atoms with Crippen molar-refractivity contribution in [1.29, 1.82) is 0 Å². The normalized spacial score (nSPS) is 11.7. The first-order valence-corrected chi connectivity index (χ1v) is 10.8. The summed E-state index contributed by atoms with van der Waals surface area (Å²) in [5.74, 6) is -0.109. The van der Waals surface area contributed by atoms with Crippen LogP contribution in [0.25, 0.3) is 22.3 Å². The number of hydrogen-bond donors (Lipinski definition) is 0. The number of ether oxygens (including phenoxy) is 1. The van der Waals surface area contributed by atoms with E-state index in [1.165, 1.54) is 25.4 Å². The van der Waals surface area contributed by atoms with Crippen LogP contribution < -0.4 is 0 Å². The third-order valence-corrected chi connectivity index (χ3v) is 6.53. The molecule has 0 unspecified atom stereocenters. The SMILES string of the molecule is CCn1ccnc1-c1cn(S(=O)(=O)c2ccccc2)c2c(C(=O)OC)nc(C)cc12. The van der Waals surface area contributed by atoms with Crippen molar-refractivity contribution in [2.75, 3.05) is 7.11 Å². The van der Waals surface area contributed by atoms with Gasteiger partial charge in [-0.05, 0) is 32.0 Å². The molecule has 30 heavy (non-hydrogen) atoms. The molecule has 3 aromatic heterocycles. The Morgan fingerprint density at radius 2 is 1.93 bits per heavy atom. The number of carbonyl (C=O) groups excluding carboxylic acids is 1. The Kier molecular flexibility index (Phi) is 4.90. The minimum Gasteiger partial charge on any atom is -0.464 e. The van der Waals surface area contributed by atoms with Crippen molar-refractivity contribution >= 4 is 26.9 Å². The van der Waals surface area contributed by atoms with Crippen molar-refractivity contribution in [2.45, 2.75) is 25.3 Å². The van der Waals surface area contributed by atoms with Gasteiger partial charge in [0.15, 0.2) is 5.69 Å². The van der Waals surface area contributed by atoms with Crippen LogP contribution in [-0.2, 0) is 21.3 Å². The van der Waals surface area contributed by atoms with E-state index in [9.17, 15) is 13.2 Å². The summed E-state index contributed by atoms with van der Waals surface area (Å²) in [6.45, 7) is 4.37. The van der Waals surface area contributed by atoms with Crippen LogP contribution in [0.5, 0.6) is 0 Å². The smallest absolute Gasteiger partial charge is 0.358 e. The van der Waals surface area contributed by atoms with Crippen LogP contribution in [0.2, 0.25) is 0 Å². The Bertz CT molecular complexity index is 1350. The second kappa shape index (κ2) is 7.42. The molecule has 0 bridgehead atoms. The van der Waals surface area contributed by atoms with E-state index in [0.717, 1.165) is 3.97 Å². The minimum absolute atomic E-state index is 0.0622. The average Bonchev–Trinajstić information content (AvgIpc) is 3.37. The number of methoxy groups -OCH3 is 1. The number of carbonyl (C=O) groups is 1. The van der Waals surface area contributed by atoms with Gasteiger partial charge in [-0.15, -0.1) is 0 Å². The largest absolute Gasteiger partial charge is 0.464 e. The molecular formula is C21H20N4O4S. The van der Waals surface area contributed by atoms with Crippen molar-refractivity contribution in [3.63, 3.8) is 0 Å². The zero-order valence-corrected chi connectivity index (χ0v) is 17.5. The van der Waals surface area contributed by atoms with Gasteiger partial charge in [-0.1, -0.05) is 18.2 Å². The molecule has 0 fully saturated rings. The number of esters is 1. The Morgan fingerprint density at radius 3 is 2.60 bits per heavy atom. The van der Waals surface area contributed by atoms with E-state index in [-0.39, 0.29) is 16.1 Å². The fourth-order valence-corrected chi connectivity index (χ4v) is 4.87. The van der Waals surface area contributed by atoms with E-state index < -0.39 is 16.0 Å². The Morgan fingerprint density at radius 1 is 1.20 bits per heavy atom. The standard InChI is InChI=1S/C21H20N4O4S/c1-4-24-11-10-22-20(24)17-13-25(30(27,28)15-8-6-5-7-9-15)19-16(17)12-14(2)23-18(19)21(26)29-3/h5-13H,4H2,1-3H3. The summed E-state index contributed by atoms with van der Waals surface area (Å²) in [4.78, 5) is 21.3. The van der Waals surface area contributed by atoms with Gasteiger partial charge in [0, 0.05) is 41.8 Å². The second-order valence-corrected chi connectivity index (χ2v) is 8.51. The highest BCUT2D eigenvalue weighted by Crippen LogP contribution is 2.34. The fourth-order valence-electron chi connectivity index (χ4n) is 3.47. The lowest BCUT2D eigenvalue weighted by molar-refractivity contribution is 0.0596. The number of fused-ring (bicyclic) bond motifs is 1. The van der Waals surface area contributed by atoms with Gasteiger partial charge in [-0.25, -0.2) is 27.2 Å². The van der Waals surface area contributed by atoms with Crippen LogP contribution in [0.1, 0.15) is 23.1 Å². The molecule has 0 amide bonds. The fraction of sp³-hybridized carbons (Fsp3) is 0.190. The van der Waals surface area contributed by atoms with Crippen LogP contribution in [-0.4, -0.2) is 40.0 Å². The first-order valence-electron chi connectivity index (χ1n) is 9.31. The molecule has 0 atom stereocenters. The predicted octanol–water partition coefficient (Wildman–Crippen LogP) is 3.25. The number of pyridine rings is 1. The average molecular weight is 424 g/mol. The first kappa shape index (κ1) is 19.8. The lowest BCUT2D eigenvalue weighted by atomic mass is 10.1. The van der Waals surface area contributed by atoms with E-state index >= 15 is 0 Å². The number of hydrogen-bond acceptors (Lipinski definition) is 6. The molecule has 0 radical (unpaired) electrons. The lowest BCUT2D eigenvalue weighted by Crippen LogP contribution is -2.15. The molecule has 9 heteroatoms. The zero-order valence-electron chi connectivity index (χ0n) is 16.7. The summed E-state index contributed by atoms with van der Waals surface area (Å²) in [6, 6.07) is 9.80. The number of imidazole rings is 1. The van der Waals surface area contributed by atoms with E-state index in [2.05, 4.69) is 9.97 Å². The van der Waals surface area contributed by atoms with Crippen LogP contribution >= 0.6 is 0 Å². The van der Waals surface area contributed by atoms with E-state index in [1.807, 2.05) is 17.7 Å². The summed E-state index contributed by atoms with van der Waals surface area (Å²) >= 11 is 0. The van der Waals surface area contributed by atoms with Crippen molar-refractivity contribution in [3.8, 4) is 11.4 Å². The van der Waals surface area contributed by atoms with Gasteiger partial charge in [0.05, 0.1) is 17.5 Å². The van der Waals surface area contributed by atoms with E-state index in [1.54, 1.807) is 37.4 Å². The Hall–Kier alpha value is -3.46. The number of aromatic nitrogens is 4. The topological polar surface area (TPSA) is 96.1 Å². The van der Waals surface area contributed by atoms with Gasteiger partial charge in [0.25, 0.3) is 10.0 Å². The highest BCUT2D eigenvalue weighted by Gasteiger charge is 2.28. The molecule has 4 rings (SSSR count). The molecule has 4 aromatic rings. The second-order valence-electron chi connectivity index (χ2n) is 6.69. The van der Waals surface area contributed by atoms with Gasteiger partial charge in [0.1, 0.15) is 5.82 Å². The van der Waals surface area contributed by atoms with Crippen LogP contribution in [0.4, 0.5) is 0 Å². The van der Waals surface area contributed by atoms with Crippen LogP contribution in [0, 0.1) is 6.92 Å². The summed E-state index contributed by atoms with van der Waals surface area (Å²) < 4.78 is 34.9. The van der Waals surface area contributed by atoms with E-state index in [4.69, 9.17) is 4.74 Å². The third kappa shape index (κ3) is 3.07. The van der Waals surface area contributed by atoms with Crippen LogP contribution in [0.15, 0.2) is 59.9 Å². The zero-order chi connectivity index (χ0) is 21.5. The third-order valence-electron chi connectivity index (χ3n) is 4.85. The molecule has 3 heterocycles. The molecule has 1 aromatic carbocycles. The molecule has 0 aliphatic rings. The van der Waals surface area contributed by atoms with E-state index in [0.29, 0.717) is 29.0 Å². The molecule has 8 nitrogen and oxygen atoms in total. The number of benzene rings is 1. The monoisotopic (exact) mass is 424 g/mol. The molecule has 0 aliphatic carbocycles. The highest BCUT2D eigenvalue weighted by molar-refractivity contribution is 7.90. The van der Waals surface area contributed by atoms with Gasteiger partial charge in [-0.3, -0.25) is 0 Å². The van der Waals surface area contributed by atoms with Gasteiger partial charge in [-0.2, -0.15) is 0 Å². The predicted molar refractivity (Wildman–Crippen MR) is 112 cm³/mol. The molecule has 154 valence electrons. The minimum atomic E-state index is -4.00. The first-order chi connectivity index (χ1) is 14.4. The number of aryl methyl sites for hydroxylation is 2. The van der Waals surface area contributed by atoms with Crippen molar-refractivity contribution in [2.24, 2.45) is 0 Å². The molecule has 0 saturated carbocycles. The molecule has 0 aliphatic heterocycles. The van der Waals surface area contributed by atoms with Crippen molar-refractivity contribution in [1.82, 2.24) is 18.5 Å². The van der Waals surface area contributed by atoms with Gasteiger partial charge >= 0.3 is 5.97 Å². The van der Waals surface area contributed by atoms with Gasteiger partial charge in [0.2, 0.25) is 0 Å². The Balaban J connectivity index is 2.14. The maximum Gasteiger partial charge on any atom is 0.358 e. The maximum absolute atomic E-state index is 13.5. The molecular weight excluding hydrogens is 404 g/mol. The molecule has 0 spiro atoms. The molecule has 0 saturated heterocycles.